The molecule has 0 aliphatic carbocycles. The minimum Gasteiger partial charge on any atom is -0.507 e. The largest absolute Gasteiger partial charge is 0.507 e. The van der Waals surface area contributed by atoms with Gasteiger partial charge in [-0.1, -0.05) is 29.8 Å². The number of nitrogens with zero attached hydrogens (tertiary/aromatic N) is 3. The van der Waals surface area contributed by atoms with Crippen LogP contribution in [0.5, 0.6) is 11.5 Å². The van der Waals surface area contributed by atoms with Crippen LogP contribution in [0.4, 0.5) is 0 Å². The highest BCUT2D eigenvalue weighted by molar-refractivity contribution is 6.30. The zero-order valence-electron chi connectivity index (χ0n) is 14.3. The van der Waals surface area contributed by atoms with Gasteiger partial charge in [0.15, 0.2) is 0 Å². The Bertz CT molecular complexity index is 1040. The molecule has 0 spiro atoms. The van der Waals surface area contributed by atoms with Gasteiger partial charge in [0.2, 0.25) is 6.23 Å². The third kappa shape index (κ3) is 2.71. The van der Waals surface area contributed by atoms with E-state index >= 15 is 0 Å². The van der Waals surface area contributed by atoms with Gasteiger partial charge in [-0.2, -0.15) is 5.10 Å². The molecule has 1 N–H and O–H groups in total. The summed E-state index contributed by atoms with van der Waals surface area (Å²) in [6.45, 7) is 0. The Morgan fingerprint density at radius 2 is 2.00 bits per heavy atom. The third-order valence-corrected chi connectivity index (χ3v) is 5.17. The fourth-order valence-electron chi connectivity index (χ4n) is 3.68. The molecule has 3 heterocycles. The molecule has 2 atom stereocenters. The molecular formula is C21H16ClN3O2. The van der Waals surface area contributed by atoms with Crippen LogP contribution in [0.15, 0.2) is 72.1 Å². The van der Waals surface area contributed by atoms with Gasteiger partial charge >= 0.3 is 0 Å². The number of hydrogen-bond donors (Lipinski definition) is 1. The van der Waals surface area contributed by atoms with Crippen molar-refractivity contribution >= 4 is 17.3 Å². The molecule has 0 amide bonds. The second-order valence-corrected chi connectivity index (χ2v) is 7.04. The molecule has 0 saturated carbocycles. The number of ether oxygens (including phenoxy) is 1. The van der Waals surface area contributed by atoms with Gasteiger partial charge < -0.3 is 9.84 Å². The van der Waals surface area contributed by atoms with Crippen LogP contribution in [0.25, 0.3) is 0 Å². The fourth-order valence-corrected chi connectivity index (χ4v) is 3.86. The van der Waals surface area contributed by atoms with Crippen LogP contribution in [0, 0.1) is 0 Å². The summed E-state index contributed by atoms with van der Waals surface area (Å²) >= 11 is 6.24. The first kappa shape index (κ1) is 16.1. The van der Waals surface area contributed by atoms with E-state index in [9.17, 15) is 5.11 Å². The van der Waals surface area contributed by atoms with Gasteiger partial charge in [0.05, 0.1) is 11.8 Å². The Labute approximate surface area is 161 Å². The molecule has 0 radical (unpaired) electrons. The lowest BCUT2D eigenvalue weighted by molar-refractivity contribution is -0.0192. The molecule has 5 nitrogen and oxygen atoms in total. The van der Waals surface area contributed by atoms with E-state index in [4.69, 9.17) is 21.4 Å². The van der Waals surface area contributed by atoms with Crippen molar-refractivity contribution in [1.82, 2.24) is 9.99 Å². The molecule has 0 bridgehead atoms. The molecule has 134 valence electrons. The highest BCUT2D eigenvalue weighted by Crippen LogP contribution is 2.48. The van der Waals surface area contributed by atoms with Crippen molar-refractivity contribution < 1.29 is 9.84 Å². The first-order chi connectivity index (χ1) is 13.2. The monoisotopic (exact) mass is 377 g/mol. The van der Waals surface area contributed by atoms with Crippen molar-refractivity contribution in [3.05, 3.63) is 88.7 Å². The number of phenols is 1. The highest BCUT2D eigenvalue weighted by atomic mass is 35.5. The number of aromatic nitrogens is 1. The molecule has 0 saturated heterocycles. The molecule has 3 aromatic rings. The van der Waals surface area contributed by atoms with E-state index in [0.717, 1.165) is 28.2 Å². The Kier molecular flexibility index (Phi) is 3.76. The quantitative estimate of drug-likeness (QED) is 0.704. The van der Waals surface area contributed by atoms with E-state index in [-0.39, 0.29) is 18.0 Å². The lowest BCUT2D eigenvalue weighted by Crippen LogP contribution is -2.33. The van der Waals surface area contributed by atoms with Gasteiger partial charge in [-0.3, -0.25) is 4.98 Å². The molecule has 0 unspecified atom stereocenters. The van der Waals surface area contributed by atoms with Gasteiger partial charge in [0.1, 0.15) is 11.5 Å². The molecule has 2 aliphatic heterocycles. The lowest BCUT2D eigenvalue weighted by Gasteiger charge is -2.38. The van der Waals surface area contributed by atoms with Crippen LogP contribution >= 0.6 is 11.6 Å². The van der Waals surface area contributed by atoms with Gasteiger partial charge in [0, 0.05) is 40.5 Å². The van der Waals surface area contributed by atoms with Crippen molar-refractivity contribution in [3.63, 3.8) is 0 Å². The summed E-state index contributed by atoms with van der Waals surface area (Å²) in [5.41, 5.74) is 3.48. The zero-order valence-corrected chi connectivity index (χ0v) is 15.0. The molecule has 5 rings (SSSR count). The predicted molar refractivity (Wildman–Crippen MR) is 103 cm³/mol. The Morgan fingerprint density at radius 3 is 2.81 bits per heavy atom. The number of para-hydroxylation sites is 1. The summed E-state index contributed by atoms with van der Waals surface area (Å²) in [5, 5.41) is 17.7. The summed E-state index contributed by atoms with van der Waals surface area (Å²) in [6, 6.07) is 16.8. The fraction of sp³-hybridized carbons (Fsp3) is 0.143. The van der Waals surface area contributed by atoms with Crippen LogP contribution in [0.1, 0.15) is 35.4 Å². The smallest absolute Gasteiger partial charge is 0.215 e. The second kappa shape index (κ2) is 6.28. The van der Waals surface area contributed by atoms with Crippen LogP contribution < -0.4 is 4.74 Å². The number of pyridine rings is 1. The summed E-state index contributed by atoms with van der Waals surface area (Å²) in [6.07, 6.45) is 3.79. The number of hydrazone groups is 1. The van der Waals surface area contributed by atoms with Gasteiger partial charge in [-0.15, -0.1) is 0 Å². The first-order valence-electron chi connectivity index (χ1n) is 8.71. The maximum absolute atomic E-state index is 10.3. The van der Waals surface area contributed by atoms with E-state index in [1.807, 2.05) is 47.5 Å². The number of fused-ring (bicyclic) bond motifs is 3. The number of rotatable bonds is 2. The topological polar surface area (TPSA) is 58.0 Å². The van der Waals surface area contributed by atoms with Gasteiger partial charge in [0.25, 0.3) is 0 Å². The van der Waals surface area contributed by atoms with E-state index in [0.29, 0.717) is 11.4 Å². The summed E-state index contributed by atoms with van der Waals surface area (Å²) in [7, 11) is 0. The molecule has 6 heteroatoms. The van der Waals surface area contributed by atoms with Crippen LogP contribution in [0.3, 0.4) is 0 Å². The van der Waals surface area contributed by atoms with E-state index in [2.05, 4.69) is 4.98 Å². The van der Waals surface area contributed by atoms with Crippen LogP contribution in [-0.4, -0.2) is 20.8 Å². The summed E-state index contributed by atoms with van der Waals surface area (Å²) < 4.78 is 6.26. The highest BCUT2D eigenvalue weighted by Gasteiger charge is 2.41. The lowest BCUT2D eigenvalue weighted by atomic mass is 9.95. The maximum Gasteiger partial charge on any atom is 0.215 e. The van der Waals surface area contributed by atoms with E-state index in [1.165, 1.54) is 0 Å². The molecule has 2 aliphatic rings. The minimum atomic E-state index is -0.388. The predicted octanol–water partition coefficient (Wildman–Crippen LogP) is 4.68. The number of aromatic hydroxyl groups is 1. The maximum atomic E-state index is 10.3. The van der Waals surface area contributed by atoms with Gasteiger partial charge in [-0.25, -0.2) is 5.01 Å². The van der Waals surface area contributed by atoms with Gasteiger partial charge in [-0.05, 0) is 36.4 Å². The molecule has 1 aromatic heterocycles. The van der Waals surface area contributed by atoms with Crippen molar-refractivity contribution in [3.8, 4) is 11.5 Å². The first-order valence-corrected chi connectivity index (χ1v) is 9.09. The van der Waals surface area contributed by atoms with Crippen LogP contribution in [-0.2, 0) is 0 Å². The average Bonchev–Trinajstić information content (AvgIpc) is 3.14. The molecular weight excluding hydrogens is 362 g/mol. The Balaban J connectivity index is 1.63. The SMILES string of the molecule is Oc1ccccc1C1=NN2[C@H](C1)c1cc(Cl)ccc1O[C@@H]2c1cccnc1. The number of halogens is 1. The summed E-state index contributed by atoms with van der Waals surface area (Å²) in [5.74, 6) is 1.02. The minimum absolute atomic E-state index is 0.0211. The van der Waals surface area contributed by atoms with Crippen LogP contribution in [0.2, 0.25) is 5.02 Å². The molecule has 0 fully saturated rings. The molecule has 27 heavy (non-hydrogen) atoms. The Morgan fingerprint density at radius 1 is 1.11 bits per heavy atom. The Hall–Kier alpha value is -3.05. The zero-order chi connectivity index (χ0) is 18.4. The second-order valence-electron chi connectivity index (χ2n) is 6.60. The van der Waals surface area contributed by atoms with Crippen molar-refractivity contribution in [2.75, 3.05) is 0 Å². The standard InChI is InChI=1S/C21H16ClN3O2/c22-14-7-8-20-16(10-14)18-11-17(15-5-1-2-6-19(15)26)24-25(18)21(27-20)13-4-3-9-23-12-13/h1-10,12,18,21,26H,11H2/t18-,21-/m1/s1. The average molecular weight is 378 g/mol. The van der Waals surface area contributed by atoms with Crippen molar-refractivity contribution in [2.24, 2.45) is 5.10 Å². The normalized spacial score (nSPS) is 20.5. The number of hydrogen-bond acceptors (Lipinski definition) is 5. The van der Waals surface area contributed by atoms with E-state index in [1.54, 1.807) is 24.5 Å². The number of benzene rings is 2. The summed E-state index contributed by atoms with van der Waals surface area (Å²) in [4.78, 5) is 4.22. The third-order valence-electron chi connectivity index (χ3n) is 4.94. The van der Waals surface area contributed by atoms with Crippen molar-refractivity contribution in [2.45, 2.75) is 18.7 Å². The molecule has 2 aromatic carbocycles. The van der Waals surface area contributed by atoms with E-state index < -0.39 is 0 Å². The number of phenolic OH excluding ortho intramolecular Hbond substituents is 1. The van der Waals surface area contributed by atoms with Crippen molar-refractivity contribution in [1.29, 1.82) is 0 Å².